The minimum atomic E-state index is -3.75. The molecule has 0 aliphatic heterocycles. The summed E-state index contributed by atoms with van der Waals surface area (Å²) in [6, 6.07) is 18.4. The first-order chi connectivity index (χ1) is 13.8. The number of halogens is 1. The number of ether oxygens (including phenoxy) is 1. The van der Waals surface area contributed by atoms with Crippen LogP contribution in [0.5, 0.6) is 5.75 Å². The number of amides is 1. The molecule has 2 N–H and O–H groups in total. The lowest BCUT2D eigenvalue weighted by molar-refractivity contribution is -0.118. The second-order valence-corrected chi connectivity index (χ2v) is 7.95. The van der Waals surface area contributed by atoms with E-state index in [1.165, 1.54) is 42.5 Å². The summed E-state index contributed by atoms with van der Waals surface area (Å²) >= 11 is 0. The molecule has 0 aliphatic carbocycles. The van der Waals surface area contributed by atoms with Crippen LogP contribution in [0.1, 0.15) is 5.56 Å². The lowest BCUT2D eigenvalue weighted by atomic mass is 10.2. The molecule has 6 nitrogen and oxygen atoms in total. The van der Waals surface area contributed by atoms with Crippen molar-refractivity contribution in [1.29, 1.82) is 0 Å². The minimum absolute atomic E-state index is 0.0220. The Hall–Kier alpha value is -3.39. The highest BCUT2D eigenvalue weighted by Gasteiger charge is 2.14. The smallest absolute Gasteiger partial charge is 0.262 e. The Morgan fingerprint density at radius 3 is 2.21 bits per heavy atom. The fourth-order valence-electron chi connectivity index (χ4n) is 2.46. The van der Waals surface area contributed by atoms with Gasteiger partial charge in [-0.05, 0) is 55.5 Å². The van der Waals surface area contributed by atoms with E-state index in [0.29, 0.717) is 11.4 Å². The van der Waals surface area contributed by atoms with Crippen LogP contribution in [0.2, 0.25) is 0 Å². The van der Waals surface area contributed by atoms with Crippen molar-refractivity contribution >= 4 is 27.3 Å². The molecule has 150 valence electrons. The van der Waals surface area contributed by atoms with Crippen molar-refractivity contribution in [3.63, 3.8) is 0 Å². The van der Waals surface area contributed by atoms with Gasteiger partial charge in [-0.1, -0.05) is 29.8 Å². The molecule has 0 saturated carbocycles. The Balaban J connectivity index is 1.59. The van der Waals surface area contributed by atoms with Gasteiger partial charge in [-0.15, -0.1) is 0 Å². The molecule has 3 aromatic carbocycles. The van der Waals surface area contributed by atoms with E-state index in [1.807, 2.05) is 6.92 Å². The van der Waals surface area contributed by atoms with Crippen LogP contribution in [-0.4, -0.2) is 20.9 Å². The number of anilines is 2. The summed E-state index contributed by atoms with van der Waals surface area (Å²) in [5.74, 6) is -1.08. The minimum Gasteiger partial charge on any atom is -0.481 e. The van der Waals surface area contributed by atoms with Gasteiger partial charge in [-0.25, -0.2) is 12.8 Å². The van der Waals surface area contributed by atoms with Gasteiger partial charge in [0.15, 0.2) is 18.2 Å². The molecule has 29 heavy (non-hydrogen) atoms. The lowest BCUT2D eigenvalue weighted by Crippen LogP contribution is -2.20. The van der Waals surface area contributed by atoms with Crippen molar-refractivity contribution in [2.24, 2.45) is 0 Å². The van der Waals surface area contributed by atoms with Crippen LogP contribution in [0.4, 0.5) is 15.8 Å². The van der Waals surface area contributed by atoms with Crippen LogP contribution in [0.3, 0.4) is 0 Å². The molecule has 0 heterocycles. The Labute approximate surface area is 168 Å². The van der Waals surface area contributed by atoms with Gasteiger partial charge < -0.3 is 10.1 Å². The third-order valence-corrected chi connectivity index (χ3v) is 5.34. The highest BCUT2D eigenvalue weighted by Crippen LogP contribution is 2.19. The Kier molecular flexibility index (Phi) is 6.13. The number of hydrogen-bond acceptors (Lipinski definition) is 4. The quantitative estimate of drug-likeness (QED) is 0.613. The number of sulfonamides is 1. The lowest BCUT2D eigenvalue weighted by Gasteiger charge is -2.10. The number of para-hydroxylation sites is 1. The molecule has 0 bridgehead atoms. The van der Waals surface area contributed by atoms with Crippen LogP contribution in [-0.2, 0) is 14.8 Å². The summed E-state index contributed by atoms with van der Waals surface area (Å²) in [4.78, 5) is 12.0. The first kappa shape index (κ1) is 20.3. The molecule has 0 unspecified atom stereocenters. The summed E-state index contributed by atoms with van der Waals surface area (Å²) in [5.41, 5.74) is 1.87. The van der Waals surface area contributed by atoms with E-state index in [4.69, 9.17) is 4.74 Å². The van der Waals surface area contributed by atoms with E-state index in [1.54, 1.807) is 30.3 Å². The van der Waals surface area contributed by atoms with Crippen LogP contribution in [0, 0.1) is 12.7 Å². The maximum absolute atomic E-state index is 13.5. The molecule has 0 saturated heterocycles. The zero-order valence-corrected chi connectivity index (χ0v) is 16.4. The second-order valence-electron chi connectivity index (χ2n) is 6.26. The van der Waals surface area contributed by atoms with Gasteiger partial charge in [0.05, 0.1) is 4.90 Å². The fourth-order valence-corrected chi connectivity index (χ4v) is 3.51. The van der Waals surface area contributed by atoms with Crippen molar-refractivity contribution in [2.45, 2.75) is 11.8 Å². The summed E-state index contributed by atoms with van der Waals surface area (Å²) in [5, 5.41) is 2.56. The van der Waals surface area contributed by atoms with Crippen LogP contribution >= 0.6 is 0 Å². The van der Waals surface area contributed by atoms with Crippen molar-refractivity contribution < 1.29 is 22.3 Å². The molecule has 0 aliphatic rings. The standard InChI is InChI=1S/C21H19FN2O4S/c1-15-6-8-17(9-7-15)24-29(26,27)18-12-10-16(11-13-18)23-21(25)14-28-20-5-3-2-4-19(20)22/h2-13,24H,14H2,1H3,(H,23,25). The van der Waals surface area contributed by atoms with Crippen molar-refractivity contribution in [3.8, 4) is 5.75 Å². The molecule has 0 spiro atoms. The average Bonchev–Trinajstić information content (AvgIpc) is 2.69. The van der Waals surface area contributed by atoms with Crippen LogP contribution < -0.4 is 14.8 Å². The number of carbonyl (C=O) groups is 1. The van der Waals surface area contributed by atoms with E-state index in [2.05, 4.69) is 10.0 Å². The molecular formula is C21H19FN2O4S. The van der Waals surface area contributed by atoms with Gasteiger partial charge in [-0.3, -0.25) is 9.52 Å². The zero-order valence-electron chi connectivity index (χ0n) is 15.6. The van der Waals surface area contributed by atoms with Gasteiger partial charge in [0, 0.05) is 11.4 Å². The fraction of sp³-hybridized carbons (Fsp3) is 0.0952. The van der Waals surface area contributed by atoms with Gasteiger partial charge in [-0.2, -0.15) is 0 Å². The Morgan fingerprint density at radius 1 is 0.931 bits per heavy atom. The SMILES string of the molecule is Cc1ccc(NS(=O)(=O)c2ccc(NC(=O)COc3ccccc3F)cc2)cc1. The summed E-state index contributed by atoms with van der Waals surface area (Å²) < 4.78 is 46.0. The number of benzene rings is 3. The van der Waals surface area contributed by atoms with Gasteiger partial charge in [0.1, 0.15) is 0 Å². The maximum atomic E-state index is 13.5. The number of hydrogen-bond donors (Lipinski definition) is 2. The van der Waals surface area contributed by atoms with Gasteiger partial charge >= 0.3 is 0 Å². The van der Waals surface area contributed by atoms with E-state index >= 15 is 0 Å². The third kappa shape index (κ3) is 5.55. The van der Waals surface area contributed by atoms with E-state index in [9.17, 15) is 17.6 Å². The molecule has 0 atom stereocenters. The van der Waals surface area contributed by atoms with Crippen molar-refractivity contribution in [1.82, 2.24) is 0 Å². The highest BCUT2D eigenvalue weighted by molar-refractivity contribution is 7.92. The van der Waals surface area contributed by atoms with Crippen molar-refractivity contribution in [3.05, 3.63) is 84.2 Å². The molecular weight excluding hydrogens is 395 g/mol. The van der Waals surface area contributed by atoms with Gasteiger partial charge in [0.2, 0.25) is 0 Å². The molecule has 1 amide bonds. The van der Waals surface area contributed by atoms with E-state index in [0.717, 1.165) is 5.56 Å². The Bertz CT molecular complexity index is 1100. The normalized spacial score (nSPS) is 11.0. The van der Waals surface area contributed by atoms with E-state index in [-0.39, 0.29) is 17.3 Å². The zero-order chi connectivity index (χ0) is 20.9. The molecule has 0 radical (unpaired) electrons. The first-order valence-corrected chi connectivity index (χ1v) is 10.2. The molecule has 0 fully saturated rings. The second kappa shape index (κ2) is 8.74. The first-order valence-electron chi connectivity index (χ1n) is 8.70. The molecule has 3 rings (SSSR count). The average molecular weight is 414 g/mol. The molecule has 3 aromatic rings. The maximum Gasteiger partial charge on any atom is 0.262 e. The predicted octanol–water partition coefficient (Wildman–Crippen LogP) is 3.95. The molecule has 8 heteroatoms. The van der Waals surface area contributed by atoms with E-state index < -0.39 is 21.7 Å². The topological polar surface area (TPSA) is 84.5 Å². The van der Waals surface area contributed by atoms with Gasteiger partial charge in [0.25, 0.3) is 15.9 Å². The number of nitrogens with one attached hydrogen (secondary N) is 2. The Morgan fingerprint density at radius 2 is 1.55 bits per heavy atom. The number of aryl methyl sites for hydroxylation is 1. The summed E-state index contributed by atoms with van der Waals surface area (Å²) in [6.07, 6.45) is 0. The highest BCUT2D eigenvalue weighted by atomic mass is 32.2. The monoisotopic (exact) mass is 414 g/mol. The van der Waals surface area contributed by atoms with Crippen LogP contribution in [0.15, 0.2) is 77.7 Å². The molecule has 0 aromatic heterocycles. The third-order valence-electron chi connectivity index (χ3n) is 3.95. The summed E-state index contributed by atoms with van der Waals surface area (Å²) in [7, 11) is -3.75. The largest absolute Gasteiger partial charge is 0.481 e. The number of carbonyl (C=O) groups excluding carboxylic acids is 1. The van der Waals surface area contributed by atoms with Crippen LogP contribution in [0.25, 0.3) is 0 Å². The summed E-state index contributed by atoms with van der Waals surface area (Å²) in [6.45, 7) is 1.53. The predicted molar refractivity (Wildman–Crippen MR) is 109 cm³/mol. The number of rotatable bonds is 7. The van der Waals surface area contributed by atoms with Crippen molar-refractivity contribution in [2.75, 3.05) is 16.6 Å².